The SMILES string of the molecule is CCc1ncc(C(=O)N2CCCC2Cc2ccccc2)s1. The van der Waals surface area contributed by atoms with Crippen molar-refractivity contribution in [3.05, 3.63) is 52.0 Å². The number of aromatic nitrogens is 1. The predicted molar refractivity (Wildman–Crippen MR) is 85.7 cm³/mol. The standard InChI is InChI=1S/C17H20N2OS/c1-2-16-18-12-15(21-16)17(20)19-10-6-9-14(19)11-13-7-4-3-5-8-13/h3-5,7-8,12,14H,2,6,9-11H2,1H3. The van der Waals surface area contributed by atoms with E-state index in [1.165, 1.54) is 16.9 Å². The molecule has 1 aliphatic rings. The van der Waals surface area contributed by atoms with Gasteiger partial charge in [-0.2, -0.15) is 0 Å². The quantitative estimate of drug-likeness (QED) is 0.865. The van der Waals surface area contributed by atoms with Crippen molar-refractivity contribution < 1.29 is 4.79 Å². The molecule has 3 rings (SSSR count). The first kappa shape index (κ1) is 14.3. The number of hydrogen-bond acceptors (Lipinski definition) is 3. The molecule has 1 aromatic carbocycles. The summed E-state index contributed by atoms with van der Waals surface area (Å²) in [6, 6.07) is 10.8. The summed E-state index contributed by atoms with van der Waals surface area (Å²) in [6.45, 7) is 2.94. The topological polar surface area (TPSA) is 33.2 Å². The van der Waals surface area contributed by atoms with E-state index in [9.17, 15) is 4.79 Å². The first-order chi connectivity index (χ1) is 10.3. The lowest BCUT2D eigenvalue weighted by Crippen LogP contribution is -2.36. The molecule has 0 aliphatic carbocycles. The zero-order valence-corrected chi connectivity index (χ0v) is 13.1. The summed E-state index contributed by atoms with van der Waals surface area (Å²) in [5.74, 6) is 0.158. The van der Waals surface area contributed by atoms with Gasteiger partial charge in [-0.25, -0.2) is 4.98 Å². The fraction of sp³-hybridized carbons (Fsp3) is 0.412. The van der Waals surface area contributed by atoms with E-state index in [0.717, 1.165) is 42.1 Å². The van der Waals surface area contributed by atoms with Crippen molar-refractivity contribution in [2.75, 3.05) is 6.54 Å². The number of aryl methyl sites for hydroxylation is 1. The van der Waals surface area contributed by atoms with Crippen molar-refractivity contribution in [1.82, 2.24) is 9.88 Å². The third kappa shape index (κ3) is 3.16. The molecule has 0 radical (unpaired) electrons. The molecule has 1 unspecified atom stereocenters. The average Bonchev–Trinajstić information content (AvgIpc) is 3.16. The van der Waals surface area contributed by atoms with E-state index in [2.05, 4.69) is 36.2 Å². The van der Waals surface area contributed by atoms with E-state index >= 15 is 0 Å². The molecular weight excluding hydrogens is 280 g/mol. The molecule has 110 valence electrons. The highest BCUT2D eigenvalue weighted by atomic mass is 32.1. The summed E-state index contributed by atoms with van der Waals surface area (Å²) >= 11 is 1.53. The Morgan fingerprint density at radius 1 is 1.38 bits per heavy atom. The highest BCUT2D eigenvalue weighted by Crippen LogP contribution is 2.25. The summed E-state index contributed by atoms with van der Waals surface area (Å²) in [5, 5.41) is 1.04. The second-order valence-electron chi connectivity index (χ2n) is 5.46. The lowest BCUT2D eigenvalue weighted by molar-refractivity contribution is 0.0741. The van der Waals surface area contributed by atoms with Crippen molar-refractivity contribution in [3.63, 3.8) is 0 Å². The van der Waals surface area contributed by atoms with E-state index in [1.807, 2.05) is 11.0 Å². The van der Waals surface area contributed by atoms with Crippen LogP contribution in [0.2, 0.25) is 0 Å². The lowest BCUT2D eigenvalue weighted by Gasteiger charge is -2.24. The molecule has 4 heteroatoms. The van der Waals surface area contributed by atoms with E-state index in [4.69, 9.17) is 0 Å². The molecular formula is C17H20N2OS. The molecule has 1 amide bonds. The zero-order valence-electron chi connectivity index (χ0n) is 12.3. The van der Waals surface area contributed by atoms with Gasteiger partial charge < -0.3 is 4.90 Å². The van der Waals surface area contributed by atoms with Crippen molar-refractivity contribution in [2.45, 2.75) is 38.6 Å². The third-order valence-corrected chi connectivity index (χ3v) is 5.15. The molecule has 2 heterocycles. The normalized spacial score (nSPS) is 18.1. The highest BCUT2D eigenvalue weighted by molar-refractivity contribution is 7.13. The van der Waals surface area contributed by atoms with Gasteiger partial charge in [-0.3, -0.25) is 4.79 Å². The molecule has 21 heavy (non-hydrogen) atoms. The Morgan fingerprint density at radius 2 is 2.19 bits per heavy atom. The minimum Gasteiger partial charge on any atom is -0.335 e. The number of carbonyl (C=O) groups is 1. The van der Waals surface area contributed by atoms with Gasteiger partial charge in [0, 0.05) is 12.6 Å². The van der Waals surface area contributed by atoms with E-state index in [0.29, 0.717) is 6.04 Å². The molecule has 1 aromatic heterocycles. The third-order valence-electron chi connectivity index (χ3n) is 4.02. The molecule has 0 bridgehead atoms. The molecule has 1 aliphatic heterocycles. The Morgan fingerprint density at radius 3 is 2.90 bits per heavy atom. The number of likely N-dealkylation sites (tertiary alicyclic amines) is 1. The number of carbonyl (C=O) groups excluding carboxylic acids is 1. The fourth-order valence-electron chi connectivity index (χ4n) is 2.92. The van der Waals surface area contributed by atoms with Gasteiger partial charge in [-0.15, -0.1) is 11.3 Å². The lowest BCUT2D eigenvalue weighted by atomic mass is 10.0. The van der Waals surface area contributed by atoms with Gasteiger partial charge in [0.15, 0.2) is 0 Å². The molecule has 1 fully saturated rings. The molecule has 0 N–H and O–H groups in total. The maximum atomic E-state index is 12.7. The number of amides is 1. The second-order valence-corrected chi connectivity index (χ2v) is 6.57. The van der Waals surface area contributed by atoms with Crippen molar-refractivity contribution >= 4 is 17.2 Å². The van der Waals surface area contributed by atoms with Crippen LogP contribution < -0.4 is 0 Å². The van der Waals surface area contributed by atoms with Crippen LogP contribution in [-0.2, 0) is 12.8 Å². The summed E-state index contributed by atoms with van der Waals surface area (Å²) in [7, 11) is 0. The summed E-state index contributed by atoms with van der Waals surface area (Å²) in [4.78, 5) is 19.8. The van der Waals surface area contributed by atoms with Crippen molar-refractivity contribution in [3.8, 4) is 0 Å². The molecule has 0 spiro atoms. The minimum absolute atomic E-state index is 0.158. The molecule has 0 saturated carbocycles. The predicted octanol–water partition coefficient (Wildman–Crippen LogP) is 3.55. The Balaban J connectivity index is 1.72. The van der Waals surface area contributed by atoms with Crippen LogP contribution in [0.1, 0.15) is 40.0 Å². The van der Waals surface area contributed by atoms with Crippen LogP contribution in [0.4, 0.5) is 0 Å². The fourth-order valence-corrected chi connectivity index (χ4v) is 3.73. The Bertz CT molecular complexity index is 608. The largest absolute Gasteiger partial charge is 0.335 e. The Hall–Kier alpha value is -1.68. The van der Waals surface area contributed by atoms with Gasteiger partial charge in [0.2, 0.25) is 0 Å². The average molecular weight is 300 g/mol. The first-order valence-corrected chi connectivity index (χ1v) is 8.39. The number of nitrogens with zero attached hydrogens (tertiary/aromatic N) is 2. The van der Waals surface area contributed by atoms with Crippen LogP contribution >= 0.6 is 11.3 Å². The van der Waals surface area contributed by atoms with Gasteiger partial charge >= 0.3 is 0 Å². The Kier molecular flexibility index (Phi) is 4.34. The maximum Gasteiger partial charge on any atom is 0.265 e. The van der Waals surface area contributed by atoms with Crippen LogP contribution in [0.3, 0.4) is 0 Å². The van der Waals surface area contributed by atoms with Crippen LogP contribution in [0.25, 0.3) is 0 Å². The van der Waals surface area contributed by atoms with Gasteiger partial charge in [0.25, 0.3) is 5.91 Å². The summed E-state index contributed by atoms with van der Waals surface area (Å²) in [5.41, 5.74) is 1.31. The van der Waals surface area contributed by atoms with Crippen LogP contribution in [-0.4, -0.2) is 28.4 Å². The number of hydrogen-bond donors (Lipinski definition) is 0. The van der Waals surface area contributed by atoms with Gasteiger partial charge in [0.05, 0.1) is 11.2 Å². The zero-order chi connectivity index (χ0) is 14.7. The number of benzene rings is 1. The minimum atomic E-state index is 0.158. The smallest absolute Gasteiger partial charge is 0.265 e. The van der Waals surface area contributed by atoms with E-state index in [-0.39, 0.29) is 5.91 Å². The van der Waals surface area contributed by atoms with Crippen LogP contribution in [0.5, 0.6) is 0 Å². The molecule has 2 aromatic rings. The number of rotatable bonds is 4. The number of thiazole rings is 1. The van der Waals surface area contributed by atoms with E-state index < -0.39 is 0 Å². The molecule has 1 saturated heterocycles. The van der Waals surface area contributed by atoms with Crippen LogP contribution in [0, 0.1) is 0 Å². The summed E-state index contributed by atoms with van der Waals surface area (Å²) < 4.78 is 0. The van der Waals surface area contributed by atoms with Crippen molar-refractivity contribution in [1.29, 1.82) is 0 Å². The van der Waals surface area contributed by atoms with Gasteiger partial charge in [-0.1, -0.05) is 37.3 Å². The van der Waals surface area contributed by atoms with Crippen molar-refractivity contribution in [2.24, 2.45) is 0 Å². The Labute approximate surface area is 129 Å². The highest BCUT2D eigenvalue weighted by Gasteiger charge is 2.30. The molecule has 3 nitrogen and oxygen atoms in total. The maximum absolute atomic E-state index is 12.7. The second kappa shape index (κ2) is 6.39. The first-order valence-electron chi connectivity index (χ1n) is 7.57. The monoisotopic (exact) mass is 300 g/mol. The van der Waals surface area contributed by atoms with Crippen LogP contribution in [0.15, 0.2) is 36.5 Å². The van der Waals surface area contributed by atoms with Gasteiger partial charge in [-0.05, 0) is 31.2 Å². The molecule has 1 atom stereocenters. The summed E-state index contributed by atoms with van der Waals surface area (Å²) in [6.07, 6.45) is 5.78. The van der Waals surface area contributed by atoms with E-state index in [1.54, 1.807) is 6.20 Å². The van der Waals surface area contributed by atoms with Gasteiger partial charge in [0.1, 0.15) is 4.88 Å².